The van der Waals surface area contributed by atoms with E-state index in [1.54, 1.807) is 0 Å². The minimum absolute atomic E-state index is 1.00. The van der Waals surface area contributed by atoms with Crippen LogP contribution in [0.25, 0.3) is 0 Å². The molecule has 1 saturated heterocycles. The molecule has 1 aromatic rings. The second-order valence-electron chi connectivity index (χ2n) is 5.01. The largest absolute Gasteiger partial charge is 0.311 e. The molecule has 1 aliphatic rings. The van der Waals surface area contributed by atoms with Crippen LogP contribution in [0.15, 0.2) is 24.3 Å². The fourth-order valence-corrected chi connectivity index (χ4v) is 2.45. The van der Waals surface area contributed by atoms with E-state index in [1.807, 2.05) is 0 Å². The Morgan fingerprint density at radius 2 is 1.88 bits per heavy atom. The fourth-order valence-electron chi connectivity index (χ4n) is 2.45. The van der Waals surface area contributed by atoms with Crippen molar-refractivity contribution in [3.05, 3.63) is 35.4 Å². The number of benzene rings is 1. The predicted molar refractivity (Wildman–Crippen MR) is 73.2 cm³/mol. The van der Waals surface area contributed by atoms with Crippen molar-refractivity contribution < 1.29 is 0 Å². The summed E-state index contributed by atoms with van der Waals surface area (Å²) in [7, 11) is 0. The molecule has 17 heavy (non-hydrogen) atoms. The lowest BCUT2D eigenvalue weighted by atomic mass is 10.1. The van der Waals surface area contributed by atoms with Gasteiger partial charge in [0.05, 0.1) is 0 Å². The van der Waals surface area contributed by atoms with Crippen LogP contribution in [-0.2, 0) is 6.54 Å². The van der Waals surface area contributed by atoms with Crippen molar-refractivity contribution in [3.8, 4) is 0 Å². The molecular weight excluding hydrogens is 208 g/mol. The highest BCUT2D eigenvalue weighted by Gasteiger charge is 2.08. The van der Waals surface area contributed by atoms with Crippen LogP contribution in [0.4, 0.5) is 0 Å². The summed E-state index contributed by atoms with van der Waals surface area (Å²) in [4.78, 5) is 2.58. The molecule has 0 aromatic heterocycles. The van der Waals surface area contributed by atoms with Crippen LogP contribution in [0, 0.1) is 6.92 Å². The zero-order valence-corrected chi connectivity index (χ0v) is 10.9. The molecule has 1 aliphatic heterocycles. The number of piperidine rings is 1. The van der Waals surface area contributed by atoms with Crippen molar-refractivity contribution >= 4 is 0 Å². The van der Waals surface area contributed by atoms with Crippen molar-refractivity contribution in [2.75, 3.05) is 26.2 Å². The molecule has 2 rings (SSSR count). The number of hydrogen-bond donors (Lipinski definition) is 1. The lowest BCUT2D eigenvalue weighted by molar-refractivity contribution is 0.229. The third-order valence-electron chi connectivity index (χ3n) is 3.63. The highest BCUT2D eigenvalue weighted by Crippen LogP contribution is 2.08. The average Bonchev–Trinajstić information content (AvgIpc) is 2.38. The van der Waals surface area contributed by atoms with Gasteiger partial charge in [-0.25, -0.2) is 0 Å². The molecule has 2 heteroatoms. The number of nitrogens with zero attached hydrogens (tertiary/aromatic N) is 1. The lowest BCUT2D eigenvalue weighted by Crippen LogP contribution is -2.35. The highest BCUT2D eigenvalue weighted by molar-refractivity contribution is 5.25. The Labute approximate surface area is 105 Å². The number of nitrogens with one attached hydrogen (secondary N) is 1. The monoisotopic (exact) mass is 232 g/mol. The minimum Gasteiger partial charge on any atom is -0.311 e. The quantitative estimate of drug-likeness (QED) is 0.785. The van der Waals surface area contributed by atoms with E-state index in [9.17, 15) is 0 Å². The summed E-state index contributed by atoms with van der Waals surface area (Å²) in [6, 6.07) is 8.62. The van der Waals surface area contributed by atoms with Gasteiger partial charge in [-0.15, -0.1) is 0 Å². The van der Waals surface area contributed by atoms with Gasteiger partial charge >= 0.3 is 0 Å². The van der Waals surface area contributed by atoms with Crippen LogP contribution in [0.3, 0.4) is 0 Å². The van der Waals surface area contributed by atoms with Crippen LogP contribution in [0.5, 0.6) is 0 Å². The van der Waals surface area contributed by atoms with Crippen molar-refractivity contribution in [1.82, 2.24) is 10.2 Å². The SMILES string of the molecule is Cc1ccccc1CNCCN1CCCCC1. The van der Waals surface area contributed by atoms with Crippen molar-refractivity contribution in [1.29, 1.82) is 0 Å². The maximum atomic E-state index is 3.55. The third-order valence-corrected chi connectivity index (χ3v) is 3.63. The summed E-state index contributed by atoms with van der Waals surface area (Å²) in [5.41, 5.74) is 2.81. The van der Waals surface area contributed by atoms with Gasteiger partial charge in [-0.1, -0.05) is 30.7 Å². The third kappa shape index (κ3) is 4.14. The van der Waals surface area contributed by atoms with E-state index in [1.165, 1.54) is 50.0 Å². The van der Waals surface area contributed by atoms with Gasteiger partial charge < -0.3 is 10.2 Å². The lowest BCUT2D eigenvalue weighted by Gasteiger charge is -2.26. The zero-order chi connectivity index (χ0) is 11.9. The molecule has 2 nitrogen and oxygen atoms in total. The van der Waals surface area contributed by atoms with Gasteiger partial charge in [0.25, 0.3) is 0 Å². The van der Waals surface area contributed by atoms with E-state index in [0.717, 1.165) is 13.1 Å². The number of likely N-dealkylation sites (tertiary alicyclic amines) is 1. The van der Waals surface area contributed by atoms with E-state index in [2.05, 4.69) is 41.4 Å². The van der Waals surface area contributed by atoms with Crippen LogP contribution in [-0.4, -0.2) is 31.1 Å². The van der Waals surface area contributed by atoms with E-state index < -0.39 is 0 Å². The Bertz CT molecular complexity index is 329. The van der Waals surface area contributed by atoms with Crippen LogP contribution in [0.2, 0.25) is 0 Å². The van der Waals surface area contributed by atoms with E-state index in [-0.39, 0.29) is 0 Å². The molecule has 0 bridgehead atoms. The fraction of sp³-hybridized carbons (Fsp3) is 0.600. The standard InChI is InChI=1S/C15H24N2/c1-14-7-3-4-8-15(14)13-16-9-12-17-10-5-2-6-11-17/h3-4,7-8,16H,2,5-6,9-13H2,1H3. The van der Waals surface area contributed by atoms with E-state index in [4.69, 9.17) is 0 Å². The first kappa shape index (κ1) is 12.6. The Balaban J connectivity index is 1.64. The molecule has 1 aromatic carbocycles. The first-order chi connectivity index (χ1) is 8.36. The minimum atomic E-state index is 1.00. The molecule has 1 N–H and O–H groups in total. The molecule has 0 spiro atoms. The Kier molecular flexibility index (Phi) is 5.02. The van der Waals surface area contributed by atoms with Gasteiger partial charge in [0.15, 0.2) is 0 Å². The first-order valence-corrected chi connectivity index (χ1v) is 6.84. The molecule has 94 valence electrons. The van der Waals surface area contributed by atoms with Gasteiger partial charge in [0.2, 0.25) is 0 Å². The second kappa shape index (κ2) is 6.77. The van der Waals surface area contributed by atoms with Gasteiger partial charge in [-0.05, 0) is 44.0 Å². The molecule has 0 aliphatic carbocycles. The highest BCUT2D eigenvalue weighted by atomic mass is 15.1. The molecule has 0 amide bonds. The summed E-state index contributed by atoms with van der Waals surface area (Å²) >= 11 is 0. The molecule has 0 saturated carbocycles. The molecule has 0 atom stereocenters. The summed E-state index contributed by atoms with van der Waals surface area (Å²) < 4.78 is 0. The topological polar surface area (TPSA) is 15.3 Å². The van der Waals surface area contributed by atoms with Crippen LogP contribution >= 0.6 is 0 Å². The van der Waals surface area contributed by atoms with Crippen molar-refractivity contribution in [2.24, 2.45) is 0 Å². The normalized spacial score (nSPS) is 17.2. The van der Waals surface area contributed by atoms with Gasteiger partial charge in [0.1, 0.15) is 0 Å². The number of rotatable bonds is 5. The predicted octanol–water partition coefficient (Wildman–Crippen LogP) is 2.57. The summed E-state index contributed by atoms with van der Waals surface area (Å²) in [5, 5.41) is 3.55. The first-order valence-electron chi connectivity index (χ1n) is 6.84. The van der Waals surface area contributed by atoms with Gasteiger partial charge in [0, 0.05) is 19.6 Å². The molecule has 0 unspecified atom stereocenters. The molecular formula is C15H24N2. The Morgan fingerprint density at radius 1 is 1.12 bits per heavy atom. The van der Waals surface area contributed by atoms with Gasteiger partial charge in [-0.2, -0.15) is 0 Å². The number of hydrogen-bond acceptors (Lipinski definition) is 2. The smallest absolute Gasteiger partial charge is 0.0208 e. The maximum Gasteiger partial charge on any atom is 0.0208 e. The number of aryl methyl sites for hydroxylation is 1. The Morgan fingerprint density at radius 3 is 2.65 bits per heavy atom. The van der Waals surface area contributed by atoms with E-state index >= 15 is 0 Å². The molecule has 0 radical (unpaired) electrons. The van der Waals surface area contributed by atoms with Crippen molar-refractivity contribution in [2.45, 2.75) is 32.7 Å². The molecule has 1 heterocycles. The van der Waals surface area contributed by atoms with Crippen LogP contribution < -0.4 is 5.32 Å². The maximum absolute atomic E-state index is 3.55. The molecule has 1 fully saturated rings. The summed E-state index contributed by atoms with van der Waals surface area (Å²) in [6.07, 6.45) is 4.20. The average molecular weight is 232 g/mol. The zero-order valence-electron chi connectivity index (χ0n) is 10.9. The summed E-state index contributed by atoms with van der Waals surface area (Å²) in [6.45, 7) is 8.08. The van der Waals surface area contributed by atoms with Crippen LogP contribution in [0.1, 0.15) is 30.4 Å². The summed E-state index contributed by atoms with van der Waals surface area (Å²) in [5.74, 6) is 0. The van der Waals surface area contributed by atoms with Gasteiger partial charge in [-0.3, -0.25) is 0 Å². The van der Waals surface area contributed by atoms with E-state index in [0.29, 0.717) is 0 Å². The second-order valence-corrected chi connectivity index (χ2v) is 5.01. The Hall–Kier alpha value is -0.860. The van der Waals surface area contributed by atoms with Crippen molar-refractivity contribution in [3.63, 3.8) is 0 Å².